The van der Waals surface area contributed by atoms with Crippen LogP contribution in [0.3, 0.4) is 0 Å². The van der Waals surface area contributed by atoms with Crippen molar-refractivity contribution in [3.8, 4) is 0 Å². The van der Waals surface area contributed by atoms with Crippen LogP contribution in [-0.4, -0.2) is 52.9 Å². The molecule has 1 aromatic heterocycles. The summed E-state index contributed by atoms with van der Waals surface area (Å²) in [5.41, 5.74) is 2.31. The van der Waals surface area contributed by atoms with E-state index in [0.29, 0.717) is 12.6 Å². The van der Waals surface area contributed by atoms with E-state index in [1.807, 2.05) is 18.2 Å². The molecule has 0 unspecified atom stereocenters. The topological polar surface area (TPSA) is 48.5 Å². The number of aromatic nitrogens is 1. The highest BCUT2D eigenvalue weighted by Gasteiger charge is 2.31. The Morgan fingerprint density at radius 2 is 1.79 bits per heavy atom. The molecule has 5 nitrogen and oxygen atoms in total. The average molecular weight is 393 g/mol. The number of piperidine rings is 2. The number of pyridine rings is 1. The maximum absolute atomic E-state index is 12.7. The van der Waals surface area contributed by atoms with E-state index < -0.39 is 0 Å². The molecular formula is C24H32N4O. The Labute approximate surface area is 174 Å². The van der Waals surface area contributed by atoms with Crippen molar-refractivity contribution in [2.45, 2.75) is 44.8 Å². The van der Waals surface area contributed by atoms with E-state index in [-0.39, 0.29) is 11.8 Å². The Morgan fingerprint density at radius 1 is 1.00 bits per heavy atom. The van der Waals surface area contributed by atoms with Crippen molar-refractivity contribution in [1.82, 2.24) is 20.1 Å². The van der Waals surface area contributed by atoms with Crippen LogP contribution in [0.2, 0.25) is 0 Å². The van der Waals surface area contributed by atoms with Gasteiger partial charge in [0, 0.05) is 25.3 Å². The Balaban J connectivity index is 1.23. The fourth-order valence-electron chi connectivity index (χ4n) is 4.66. The third-order valence-corrected chi connectivity index (χ3v) is 6.32. The lowest BCUT2D eigenvalue weighted by Crippen LogP contribution is -2.50. The Bertz CT molecular complexity index is 759. The second-order valence-corrected chi connectivity index (χ2v) is 8.37. The fraction of sp³-hybridized carbons (Fsp3) is 0.500. The third kappa shape index (κ3) is 5.64. The Morgan fingerprint density at radius 3 is 2.55 bits per heavy atom. The third-order valence-electron chi connectivity index (χ3n) is 6.32. The van der Waals surface area contributed by atoms with Gasteiger partial charge in [0.25, 0.3) is 0 Å². The first-order chi connectivity index (χ1) is 14.3. The quantitative estimate of drug-likeness (QED) is 0.821. The van der Waals surface area contributed by atoms with Crippen LogP contribution in [0.15, 0.2) is 54.7 Å². The minimum Gasteiger partial charge on any atom is -0.350 e. The predicted molar refractivity (Wildman–Crippen MR) is 115 cm³/mol. The van der Waals surface area contributed by atoms with Crippen molar-refractivity contribution in [1.29, 1.82) is 0 Å². The van der Waals surface area contributed by atoms with E-state index in [2.05, 4.69) is 50.4 Å². The number of likely N-dealkylation sites (tertiary alicyclic amines) is 2. The second-order valence-electron chi connectivity index (χ2n) is 8.37. The molecule has 154 valence electrons. The molecule has 1 atom stereocenters. The monoisotopic (exact) mass is 392 g/mol. The van der Waals surface area contributed by atoms with Gasteiger partial charge in [-0.25, -0.2) is 0 Å². The van der Waals surface area contributed by atoms with Crippen LogP contribution in [0, 0.1) is 5.92 Å². The van der Waals surface area contributed by atoms with E-state index in [0.717, 1.165) is 51.3 Å². The van der Waals surface area contributed by atoms with Crippen LogP contribution in [-0.2, 0) is 17.9 Å². The molecule has 2 aliphatic rings. The fourth-order valence-corrected chi connectivity index (χ4v) is 4.66. The van der Waals surface area contributed by atoms with Gasteiger partial charge in [0.15, 0.2) is 0 Å². The van der Waals surface area contributed by atoms with Crippen molar-refractivity contribution in [3.05, 3.63) is 66.0 Å². The summed E-state index contributed by atoms with van der Waals surface area (Å²) in [4.78, 5) is 22.1. The van der Waals surface area contributed by atoms with Gasteiger partial charge in [0.2, 0.25) is 5.91 Å². The van der Waals surface area contributed by atoms with Crippen molar-refractivity contribution in [2.75, 3.05) is 26.2 Å². The zero-order valence-corrected chi connectivity index (χ0v) is 17.2. The zero-order chi connectivity index (χ0) is 19.9. The van der Waals surface area contributed by atoms with E-state index in [9.17, 15) is 4.79 Å². The number of hydrogen-bond donors (Lipinski definition) is 1. The molecule has 0 radical (unpaired) electrons. The standard InChI is InChI=1S/C24H32N4O/c29-24(26-17-22-10-4-5-13-25-22)21-9-6-14-28(19-21)23-11-15-27(16-12-23)18-20-7-2-1-3-8-20/h1-5,7-8,10,13,21,23H,6,9,11-12,14-19H2,(H,26,29)/t21-/m1/s1. The molecule has 1 N–H and O–H groups in total. The molecule has 0 saturated carbocycles. The molecule has 0 bridgehead atoms. The van der Waals surface area contributed by atoms with Crippen molar-refractivity contribution < 1.29 is 4.79 Å². The summed E-state index contributed by atoms with van der Waals surface area (Å²) in [6, 6.07) is 17.2. The Hall–Kier alpha value is -2.24. The van der Waals surface area contributed by atoms with Gasteiger partial charge in [-0.3, -0.25) is 19.6 Å². The molecule has 29 heavy (non-hydrogen) atoms. The van der Waals surface area contributed by atoms with Crippen molar-refractivity contribution in [2.24, 2.45) is 5.92 Å². The second kappa shape index (κ2) is 9.99. The number of carbonyl (C=O) groups is 1. The highest BCUT2D eigenvalue weighted by atomic mass is 16.1. The summed E-state index contributed by atoms with van der Waals surface area (Å²) in [5.74, 6) is 0.289. The van der Waals surface area contributed by atoms with Gasteiger partial charge >= 0.3 is 0 Å². The van der Waals surface area contributed by atoms with Crippen LogP contribution in [0.4, 0.5) is 0 Å². The molecule has 0 aliphatic carbocycles. The van der Waals surface area contributed by atoms with Crippen LogP contribution in [0.25, 0.3) is 0 Å². The predicted octanol–water partition coefficient (Wildman–Crippen LogP) is 3.07. The van der Waals surface area contributed by atoms with E-state index in [1.54, 1.807) is 6.20 Å². The number of benzene rings is 1. The zero-order valence-electron chi connectivity index (χ0n) is 17.2. The van der Waals surface area contributed by atoms with Crippen LogP contribution in [0.1, 0.15) is 36.9 Å². The van der Waals surface area contributed by atoms with E-state index >= 15 is 0 Å². The van der Waals surface area contributed by atoms with Gasteiger partial charge in [-0.05, 0) is 63.0 Å². The number of amides is 1. The molecule has 0 spiro atoms. The van der Waals surface area contributed by atoms with Gasteiger partial charge in [0.1, 0.15) is 0 Å². The van der Waals surface area contributed by atoms with E-state index in [1.165, 1.54) is 18.4 Å². The van der Waals surface area contributed by atoms with Crippen LogP contribution < -0.4 is 5.32 Å². The molecule has 3 heterocycles. The number of hydrogen-bond acceptors (Lipinski definition) is 4. The molecule has 1 amide bonds. The van der Waals surface area contributed by atoms with Gasteiger partial charge in [0.05, 0.1) is 18.2 Å². The average Bonchev–Trinajstić information content (AvgIpc) is 2.79. The highest BCUT2D eigenvalue weighted by molar-refractivity contribution is 5.78. The molecule has 4 rings (SSSR count). The number of rotatable bonds is 6. The first-order valence-corrected chi connectivity index (χ1v) is 11.0. The molecule has 2 saturated heterocycles. The van der Waals surface area contributed by atoms with Crippen LogP contribution >= 0.6 is 0 Å². The molecule has 2 fully saturated rings. The smallest absolute Gasteiger partial charge is 0.224 e. The largest absolute Gasteiger partial charge is 0.350 e. The number of nitrogens with one attached hydrogen (secondary N) is 1. The lowest BCUT2D eigenvalue weighted by molar-refractivity contribution is -0.127. The first kappa shape index (κ1) is 20.0. The van der Waals surface area contributed by atoms with Gasteiger partial charge in [-0.15, -0.1) is 0 Å². The minimum absolute atomic E-state index is 0.106. The Kier molecular flexibility index (Phi) is 6.91. The van der Waals surface area contributed by atoms with E-state index in [4.69, 9.17) is 0 Å². The SMILES string of the molecule is O=C(NCc1ccccn1)[C@@H]1CCCN(C2CCN(Cc3ccccc3)CC2)C1. The lowest BCUT2D eigenvalue weighted by Gasteiger charge is -2.42. The molecule has 5 heteroatoms. The summed E-state index contributed by atoms with van der Waals surface area (Å²) in [5, 5.41) is 3.09. The van der Waals surface area contributed by atoms with Crippen molar-refractivity contribution in [3.63, 3.8) is 0 Å². The maximum atomic E-state index is 12.7. The molecule has 2 aliphatic heterocycles. The normalized spacial score (nSPS) is 21.7. The lowest BCUT2D eigenvalue weighted by atomic mass is 9.93. The molecule has 2 aromatic rings. The molecule has 1 aromatic carbocycles. The summed E-state index contributed by atoms with van der Waals surface area (Å²) < 4.78 is 0. The molecular weight excluding hydrogens is 360 g/mol. The van der Waals surface area contributed by atoms with Crippen LogP contribution in [0.5, 0.6) is 0 Å². The number of nitrogens with zero attached hydrogens (tertiary/aromatic N) is 3. The summed E-state index contributed by atoms with van der Waals surface area (Å²) in [7, 11) is 0. The van der Waals surface area contributed by atoms with Crippen molar-refractivity contribution >= 4 is 5.91 Å². The first-order valence-electron chi connectivity index (χ1n) is 11.0. The summed E-state index contributed by atoms with van der Waals surface area (Å²) in [6.07, 6.45) is 6.29. The maximum Gasteiger partial charge on any atom is 0.224 e. The van der Waals surface area contributed by atoms with Gasteiger partial charge < -0.3 is 5.32 Å². The summed E-state index contributed by atoms with van der Waals surface area (Å²) in [6.45, 7) is 5.89. The van der Waals surface area contributed by atoms with Gasteiger partial charge in [-0.1, -0.05) is 36.4 Å². The summed E-state index contributed by atoms with van der Waals surface area (Å²) >= 11 is 0. The number of carbonyl (C=O) groups excluding carboxylic acids is 1. The van der Waals surface area contributed by atoms with Gasteiger partial charge in [-0.2, -0.15) is 0 Å². The minimum atomic E-state index is 0.106. The highest BCUT2D eigenvalue weighted by Crippen LogP contribution is 2.24.